The number of carbonyl (C=O) groups excluding carboxylic acids is 1. The number of anilines is 1. The largest absolute Gasteiger partial charge is 0.465 e. The predicted octanol–water partition coefficient (Wildman–Crippen LogP) is 0.105. The van der Waals surface area contributed by atoms with Gasteiger partial charge in [-0.2, -0.15) is 0 Å². The number of nitrogens with two attached hydrogens (primary N) is 1. The lowest BCUT2D eigenvalue weighted by atomic mass is 10.1. The van der Waals surface area contributed by atoms with E-state index in [0.29, 0.717) is 0 Å². The molecule has 0 aliphatic rings. The molecule has 0 atom stereocenters. The molecule has 0 aliphatic carbocycles. The fraction of sp³-hybridized carbons (Fsp3) is 0.417. The summed E-state index contributed by atoms with van der Waals surface area (Å²) in [7, 11) is -2.68. The minimum absolute atomic E-state index is 0.0749. The summed E-state index contributed by atoms with van der Waals surface area (Å²) in [5, 5.41) is 9.10. The number of hydrogen-bond donors (Lipinski definition) is 3. The molecule has 0 saturated carbocycles. The van der Waals surface area contributed by atoms with Crippen LogP contribution < -0.4 is 10.5 Å². The van der Waals surface area contributed by atoms with Gasteiger partial charge >= 0.3 is 5.97 Å². The summed E-state index contributed by atoms with van der Waals surface area (Å²) in [6, 6.07) is 3.76. The molecule has 20 heavy (non-hydrogen) atoms. The van der Waals surface area contributed by atoms with E-state index in [1.54, 1.807) is 0 Å². The van der Waals surface area contributed by atoms with Crippen LogP contribution in [-0.2, 0) is 14.8 Å². The molecule has 112 valence electrons. The molecule has 0 heterocycles. The Bertz CT molecular complexity index is 610. The number of nitrogen functional groups attached to an aromatic ring is 1. The van der Waals surface area contributed by atoms with Gasteiger partial charge in [0.15, 0.2) is 0 Å². The minimum Gasteiger partial charge on any atom is -0.465 e. The van der Waals surface area contributed by atoms with E-state index in [4.69, 9.17) is 10.8 Å². The van der Waals surface area contributed by atoms with E-state index in [-0.39, 0.29) is 22.8 Å². The Morgan fingerprint density at radius 3 is 2.50 bits per heavy atom. The lowest BCUT2D eigenvalue weighted by Gasteiger charge is -2.23. The van der Waals surface area contributed by atoms with E-state index >= 15 is 0 Å². The van der Waals surface area contributed by atoms with Crippen LogP contribution in [0.5, 0.6) is 0 Å². The first-order valence-corrected chi connectivity index (χ1v) is 7.24. The first-order valence-electron chi connectivity index (χ1n) is 5.75. The predicted molar refractivity (Wildman–Crippen MR) is 73.7 cm³/mol. The van der Waals surface area contributed by atoms with Crippen molar-refractivity contribution in [3.8, 4) is 0 Å². The van der Waals surface area contributed by atoms with E-state index in [9.17, 15) is 13.2 Å². The zero-order valence-electron chi connectivity index (χ0n) is 11.5. The molecular formula is C12H18N2O5S. The number of esters is 1. The van der Waals surface area contributed by atoms with Crippen molar-refractivity contribution >= 4 is 21.7 Å². The average molecular weight is 302 g/mol. The van der Waals surface area contributed by atoms with Gasteiger partial charge in [-0.25, -0.2) is 17.9 Å². The van der Waals surface area contributed by atoms with Crippen LogP contribution in [0.3, 0.4) is 0 Å². The molecule has 1 rings (SSSR count). The van der Waals surface area contributed by atoms with Crippen LogP contribution >= 0.6 is 0 Å². The van der Waals surface area contributed by atoms with Crippen LogP contribution in [0, 0.1) is 0 Å². The lowest BCUT2D eigenvalue weighted by Crippen LogP contribution is -2.46. The first kappa shape index (κ1) is 16.4. The third kappa shape index (κ3) is 3.69. The third-order valence-electron chi connectivity index (χ3n) is 2.53. The Kier molecular flexibility index (Phi) is 4.74. The second kappa shape index (κ2) is 5.78. The summed E-state index contributed by atoms with van der Waals surface area (Å²) in [5.74, 6) is -0.607. The zero-order valence-corrected chi connectivity index (χ0v) is 12.3. The summed E-state index contributed by atoms with van der Waals surface area (Å²) in [6.45, 7) is 2.69. The van der Waals surface area contributed by atoms with Crippen LogP contribution in [0.1, 0.15) is 24.2 Å². The van der Waals surface area contributed by atoms with Crippen molar-refractivity contribution in [3.63, 3.8) is 0 Å². The van der Waals surface area contributed by atoms with Gasteiger partial charge < -0.3 is 15.6 Å². The van der Waals surface area contributed by atoms with Crippen LogP contribution in [0.4, 0.5) is 5.69 Å². The van der Waals surface area contributed by atoms with Crippen molar-refractivity contribution in [2.24, 2.45) is 0 Å². The second-order valence-electron chi connectivity index (χ2n) is 4.89. The summed E-state index contributed by atoms with van der Waals surface area (Å²) in [5.41, 5.74) is 4.73. The van der Waals surface area contributed by atoms with Gasteiger partial charge in [0.2, 0.25) is 10.0 Å². The number of methoxy groups -OCH3 is 1. The Labute approximate surface area is 117 Å². The Balaban J connectivity index is 3.18. The topological polar surface area (TPSA) is 119 Å². The molecule has 0 spiro atoms. The Hall–Kier alpha value is -1.64. The number of nitrogens with one attached hydrogen (secondary N) is 1. The van der Waals surface area contributed by atoms with Crippen molar-refractivity contribution in [1.82, 2.24) is 4.72 Å². The molecule has 1 aromatic rings. The SMILES string of the molecule is COC(=O)c1ccc(S(=O)(=O)NC(C)(C)CO)c(N)c1. The average Bonchev–Trinajstić information content (AvgIpc) is 2.36. The van der Waals surface area contributed by atoms with Gasteiger partial charge in [0.25, 0.3) is 0 Å². The van der Waals surface area contributed by atoms with E-state index in [1.807, 2.05) is 0 Å². The first-order chi connectivity index (χ1) is 9.13. The quantitative estimate of drug-likeness (QED) is 0.524. The van der Waals surface area contributed by atoms with E-state index in [0.717, 1.165) is 0 Å². The smallest absolute Gasteiger partial charge is 0.337 e. The molecule has 0 bridgehead atoms. The number of rotatable bonds is 5. The molecular weight excluding hydrogens is 284 g/mol. The number of aliphatic hydroxyl groups is 1. The van der Waals surface area contributed by atoms with Gasteiger partial charge in [0.05, 0.1) is 30.5 Å². The maximum absolute atomic E-state index is 12.2. The molecule has 0 radical (unpaired) electrons. The van der Waals surface area contributed by atoms with Crippen molar-refractivity contribution in [1.29, 1.82) is 0 Å². The van der Waals surface area contributed by atoms with Crippen LogP contribution in [0.15, 0.2) is 23.1 Å². The summed E-state index contributed by atoms with van der Waals surface area (Å²) in [4.78, 5) is 11.2. The Morgan fingerprint density at radius 1 is 1.45 bits per heavy atom. The number of aliphatic hydroxyl groups excluding tert-OH is 1. The van der Waals surface area contributed by atoms with Gasteiger partial charge in [-0.05, 0) is 32.0 Å². The van der Waals surface area contributed by atoms with Crippen LogP contribution in [0.25, 0.3) is 0 Å². The highest BCUT2D eigenvalue weighted by molar-refractivity contribution is 7.89. The van der Waals surface area contributed by atoms with Gasteiger partial charge in [-0.1, -0.05) is 0 Å². The Morgan fingerprint density at radius 2 is 2.05 bits per heavy atom. The maximum Gasteiger partial charge on any atom is 0.337 e. The molecule has 0 saturated heterocycles. The van der Waals surface area contributed by atoms with E-state index in [1.165, 1.54) is 39.2 Å². The molecule has 0 aliphatic heterocycles. The van der Waals surface area contributed by atoms with E-state index in [2.05, 4.69) is 9.46 Å². The monoisotopic (exact) mass is 302 g/mol. The van der Waals surface area contributed by atoms with Crippen molar-refractivity contribution in [2.45, 2.75) is 24.3 Å². The van der Waals surface area contributed by atoms with Crippen molar-refractivity contribution in [2.75, 3.05) is 19.5 Å². The highest BCUT2D eigenvalue weighted by Gasteiger charge is 2.27. The second-order valence-corrected chi connectivity index (χ2v) is 6.54. The summed E-state index contributed by atoms with van der Waals surface area (Å²) in [6.07, 6.45) is 0. The molecule has 8 heteroatoms. The fourth-order valence-corrected chi connectivity index (χ4v) is 3.01. The number of hydrogen-bond acceptors (Lipinski definition) is 6. The molecule has 1 aromatic carbocycles. The zero-order chi connectivity index (χ0) is 15.6. The molecule has 4 N–H and O–H groups in total. The summed E-state index contributed by atoms with van der Waals surface area (Å²) >= 11 is 0. The number of benzene rings is 1. The van der Waals surface area contributed by atoms with E-state index < -0.39 is 21.5 Å². The molecule has 0 fully saturated rings. The standard InChI is InChI=1S/C12H18N2O5S/c1-12(2,7-15)14-20(17,18)10-5-4-8(6-9(10)13)11(16)19-3/h4-6,14-15H,7,13H2,1-3H3. The fourth-order valence-electron chi connectivity index (χ4n) is 1.49. The number of sulfonamides is 1. The van der Waals surface area contributed by atoms with Crippen molar-refractivity contribution < 1.29 is 23.1 Å². The van der Waals surface area contributed by atoms with Gasteiger partial charge in [-0.15, -0.1) is 0 Å². The summed E-state index contributed by atoms with van der Waals surface area (Å²) < 4.78 is 31.2. The molecule has 0 unspecified atom stereocenters. The molecule has 0 amide bonds. The minimum atomic E-state index is -3.90. The highest BCUT2D eigenvalue weighted by Crippen LogP contribution is 2.21. The third-order valence-corrected chi connectivity index (χ3v) is 4.30. The number of ether oxygens (including phenoxy) is 1. The van der Waals surface area contributed by atoms with Gasteiger partial charge in [0, 0.05) is 0 Å². The highest BCUT2D eigenvalue weighted by atomic mass is 32.2. The van der Waals surface area contributed by atoms with Crippen molar-refractivity contribution in [3.05, 3.63) is 23.8 Å². The molecule has 7 nitrogen and oxygen atoms in total. The lowest BCUT2D eigenvalue weighted by molar-refractivity contribution is 0.0600. The maximum atomic E-state index is 12.2. The molecule has 0 aromatic heterocycles. The van der Waals surface area contributed by atoms with Crippen LogP contribution in [-0.4, -0.2) is 38.7 Å². The van der Waals surface area contributed by atoms with Gasteiger partial charge in [0.1, 0.15) is 4.90 Å². The number of carbonyl (C=O) groups is 1. The normalized spacial score (nSPS) is 12.2. The van der Waals surface area contributed by atoms with Crippen LogP contribution in [0.2, 0.25) is 0 Å². The van der Waals surface area contributed by atoms with Gasteiger partial charge in [-0.3, -0.25) is 0 Å².